The van der Waals surface area contributed by atoms with Crippen molar-refractivity contribution in [3.05, 3.63) is 36.1 Å². The molecule has 0 atom stereocenters. The molecule has 0 amide bonds. The third-order valence-corrected chi connectivity index (χ3v) is 4.04. The number of carbonyl (C=O) groups is 1. The Labute approximate surface area is 154 Å². The molecule has 0 aromatic carbocycles. The van der Waals surface area contributed by atoms with Crippen molar-refractivity contribution in [2.75, 3.05) is 19.0 Å². The lowest BCUT2D eigenvalue weighted by Crippen LogP contribution is -2.21. The predicted molar refractivity (Wildman–Crippen MR) is 98.7 cm³/mol. The number of ether oxygens (including phenoxy) is 1. The Kier molecular flexibility index (Phi) is 7.56. The summed E-state index contributed by atoms with van der Waals surface area (Å²) in [6.07, 6.45) is 6.61. The van der Waals surface area contributed by atoms with Crippen LogP contribution in [0.2, 0.25) is 0 Å². The number of hydrogen-bond donors (Lipinski definition) is 1. The molecule has 2 aromatic rings. The zero-order valence-corrected chi connectivity index (χ0v) is 15.8. The number of aromatic nitrogens is 3. The zero-order chi connectivity index (χ0) is 18.8. The summed E-state index contributed by atoms with van der Waals surface area (Å²) in [6, 6.07) is 5.83. The molecule has 142 valence electrons. The number of aryl methyl sites for hydroxylation is 1. The minimum absolute atomic E-state index is 0.228. The number of rotatable bonds is 11. The lowest BCUT2D eigenvalue weighted by Gasteiger charge is -2.20. The number of anilines is 1. The van der Waals surface area contributed by atoms with Gasteiger partial charge in [0.15, 0.2) is 5.82 Å². The Balaban J connectivity index is 1.64. The Hall–Kier alpha value is -2.44. The number of esters is 1. The van der Waals surface area contributed by atoms with Gasteiger partial charge in [0, 0.05) is 25.6 Å². The van der Waals surface area contributed by atoms with Gasteiger partial charge in [-0.05, 0) is 30.4 Å². The van der Waals surface area contributed by atoms with Crippen molar-refractivity contribution in [2.45, 2.75) is 52.4 Å². The number of pyridine rings is 1. The summed E-state index contributed by atoms with van der Waals surface area (Å²) in [5.41, 5.74) is -0.270. The number of carbonyl (C=O) groups excluding carboxylic acids is 1. The van der Waals surface area contributed by atoms with E-state index in [9.17, 15) is 4.79 Å². The highest BCUT2D eigenvalue weighted by atomic mass is 16.5. The summed E-state index contributed by atoms with van der Waals surface area (Å²) >= 11 is 0. The molecule has 2 heterocycles. The molecule has 26 heavy (non-hydrogen) atoms. The highest BCUT2D eigenvalue weighted by Gasteiger charge is 2.26. The predicted octanol–water partition coefficient (Wildman–Crippen LogP) is 3.42. The molecule has 7 nitrogen and oxygen atoms in total. The number of unbranched alkanes of at least 4 members (excludes halogenated alkanes) is 2. The second-order valence-electron chi connectivity index (χ2n) is 7.15. The first-order chi connectivity index (χ1) is 12.5. The van der Waals surface area contributed by atoms with Gasteiger partial charge >= 0.3 is 5.97 Å². The second kappa shape index (κ2) is 9.89. The van der Waals surface area contributed by atoms with Gasteiger partial charge in [-0.15, -0.1) is 0 Å². The summed E-state index contributed by atoms with van der Waals surface area (Å²) in [6.45, 7) is 4.88. The minimum Gasteiger partial charge on any atom is -0.469 e. The molecule has 1 N–H and O–H groups in total. The van der Waals surface area contributed by atoms with Gasteiger partial charge < -0.3 is 14.6 Å². The minimum atomic E-state index is -0.270. The SMILES string of the molecule is COC(=O)CC(C)(C)Cc1nc(CCCCCNc2ccccn2)no1. The van der Waals surface area contributed by atoms with Gasteiger partial charge in [0.05, 0.1) is 13.5 Å². The molecule has 0 fully saturated rings. The van der Waals surface area contributed by atoms with Crippen molar-refractivity contribution in [3.63, 3.8) is 0 Å². The first kappa shape index (κ1) is 19.9. The highest BCUT2D eigenvalue weighted by molar-refractivity contribution is 5.69. The van der Waals surface area contributed by atoms with Crippen molar-refractivity contribution in [2.24, 2.45) is 5.41 Å². The maximum absolute atomic E-state index is 11.4. The van der Waals surface area contributed by atoms with Crippen LogP contribution in [0.1, 0.15) is 51.2 Å². The fourth-order valence-corrected chi connectivity index (χ4v) is 2.67. The van der Waals surface area contributed by atoms with Crippen molar-refractivity contribution >= 4 is 11.8 Å². The molecule has 0 saturated heterocycles. The van der Waals surface area contributed by atoms with Gasteiger partial charge in [0.1, 0.15) is 5.82 Å². The Bertz CT molecular complexity index is 670. The summed E-state index contributed by atoms with van der Waals surface area (Å²) in [7, 11) is 1.40. The summed E-state index contributed by atoms with van der Waals surface area (Å²) in [4.78, 5) is 20.1. The summed E-state index contributed by atoms with van der Waals surface area (Å²) in [5.74, 6) is 1.98. The standard InChI is InChI=1S/C19H28N4O3/c1-19(2,14-18(24)25-3)13-17-22-16(23-26-17)10-5-4-7-11-20-15-9-6-8-12-21-15/h6,8-9,12H,4-5,7,10-11,13-14H2,1-3H3,(H,20,21). The summed E-state index contributed by atoms with van der Waals surface area (Å²) in [5, 5.41) is 7.33. The van der Waals surface area contributed by atoms with E-state index in [1.165, 1.54) is 7.11 Å². The number of nitrogens with one attached hydrogen (secondary N) is 1. The van der Waals surface area contributed by atoms with Gasteiger partial charge in [-0.2, -0.15) is 4.98 Å². The maximum atomic E-state index is 11.4. The average Bonchev–Trinajstić information content (AvgIpc) is 3.04. The van der Waals surface area contributed by atoms with Crippen LogP contribution in [0.4, 0.5) is 5.82 Å². The van der Waals surface area contributed by atoms with Crippen LogP contribution in [-0.4, -0.2) is 34.7 Å². The molecule has 0 spiro atoms. The van der Waals surface area contributed by atoms with Gasteiger partial charge in [-0.25, -0.2) is 4.98 Å². The third-order valence-electron chi connectivity index (χ3n) is 4.04. The zero-order valence-electron chi connectivity index (χ0n) is 15.8. The second-order valence-corrected chi connectivity index (χ2v) is 7.15. The Morgan fingerprint density at radius 1 is 1.27 bits per heavy atom. The van der Waals surface area contributed by atoms with E-state index >= 15 is 0 Å². The van der Waals surface area contributed by atoms with Crippen molar-refractivity contribution in [1.82, 2.24) is 15.1 Å². The van der Waals surface area contributed by atoms with E-state index in [1.807, 2.05) is 32.0 Å². The molecule has 0 radical (unpaired) electrons. The molecule has 0 aliphatic heterocycles. The molecular formula is C19H28N4O3. The van der Waals surface area contributed by atoms with Crippen molar-refractivity contribution in [3.8, 4) is 0 Å². The molecule has 0 aliphatic carbocycles. The van der Waals surface area contributed by atoms with Crippen LogP contribution in [0.15, 0.2) is 28.9 Å². The molecule has 2 aromatic heterocycles. The van der Waals surface area contributed by atoms with Gasteiger partial charge in [-0.1, -0.05) is 31.5 Å². The molecule has 2 rings (SSSR count). The van der Waals surface area contributed by atoms with E-state index in [0.717, 1.165) is 43.9 Å². The number of nitrogens with zero attached hydrogens (tertiary/aromatic N) is 3. The fourth-order valence-electron chi connectivity index (χ4n) is 2.67. The van der Waals surface area contributed by atoms with E-state index in [2.05, 4.69) is 20.4 Å². The average molecular weight is 360 g/mol. The molecular weight excluding hydrogens is 332 g/mol. The van der Waals surface area contributed by atoms with Crippen LogP contribution in [0.25, 0.3) is 0 Å². The van der Waals surface area contributed by atoms with Crippen LogP contribution in [-0.2, 0) is 22.4 Å². The lowest BCUT2D eigenvalue weighted by molar-refractivity contribution is -0.142. The quantitative estimate of drug-likeness (QED) is 0.485. The van der Waals surface area contributed by atoms with Gasteiger partial charge in [0.2, 0.25) is 5.89 Å². The van der Waals surface area contributed by atoms with Crippen LogP contribution in [0.5, 0.6) is 0 Å². The molecule has 0 bridgehead atoms. The van der Waals surface area contributed by atoms with Crippen molar-refractivity contribution in [1.29, 1.82) is 0 Å². The normalized spacial score (nSPS) is 11.3. The van der Waals surface area contributed by atoms with E-state index in [-0.39, 0.29) is 11.4 Å². The van der Waals surface area contributed by atoms with E-state index < -0.39 is 0 Å². The van der Waals surface area contributed by atoms with Crippen molar-refractivity contribution < 1.29 is 14.1 Å². The largest absolute Gasteiger partial charge is 0.469 e. The highest BCUT2D eigenvalue weighted by Crippen LogP contribution is 2.25. The first-order valence-corrected chi connectivity index (χ1v) is 9.02. The van der Waals surface area contributed by atoms with E-state index in [0.29, 0.717) is 18.7 Å². The van der Waals surface area contributed by atoms with Crippen LogP contribution in [0.3, 0.4) is 0 Å². The lowest BCUT2D eigenvalue weighted by atomic mass is 9.86. The number of methoxy groups -OCH3 is 1. The Morgan fingerprint density at radius 3 is 2.85 bits per heavy atom. The smallest absolute Gasteiger partial charge is 0.306 e. The van der Waals surface area contributed by atoms with Gasteiger partial charge in [-0.3, -0.25) is 4.79 Å². The van der Waals surface area contributed by atoms with Crippen LogP contribution >= 0.6 is 0 Å². The maximum Gasteiger partial charge on any atom is 0.306 e. The van der Waals surface area contributed by atoms with Crippen LogP contribution < -0.4 is 5.32 Å². The summed E-state index contributed by atoms with van der Waals surface area (Å²) < 4.78 is 10.0. The van der Waals surface area contributed by atoms with Crippen LogP contribution in [0, 0.1) is 5.41 Å². The molecule has 0 aliphatic rings. The monoisotopic (exact) mass is 360 g/mol. The first-order valence-electron chi connectivity index (χ1n) is 9.02. The third kappa shape index (κ3) is 7.21. The van der Waals surface area contributed by atoms with Gasteiger partial charge in [0.25, 0.3) is 0 Å². The molecule has 0 unspecified atom stereocenters. The topological polar surface area (TPSA) is 90.1 Å². The van der Waals surface area contributed by atoms with E-state index in [4.69, 9.17) is 9.26 Å². The molecule has 0 saturated carbocycles. The Morgan fingerprint density at radius 2 is 2.12 bits per heavy atom. The molecule has 7 heteroatoms. The van der Waals surface area contributed by atoms with E-state index in [1.54, 1.807) is 6.20 Å². The fraction of sp³-hybridized carbons (Fsp3) is 0.579. The number of hydrogen-bond acceptors (Lipinski definition) is 7.